The lowest BCUT2D eigenvalue weighted by molar-refractivity contribution is -0.333. The van der Waals surface area contributed by atoms with Crippen LogP contribution in [0.15, 0.2) is 0 Å². The van der Waals surface area contributed by atoms with Crippen LogP contribution in [0.4, 0.5) is 0 Å². The van der Waals surface area contributed by atoms with Crippen molar-refractivity contribution in [1.29, 1.82) is 0 Å². The standard InChI is InChI=1S/ClH.H2NO4P/c;2-1-6(3,4)5/h1H;(H2,3,4,5). The van der Waals surface area contributed by atoms with Crippen molar-refractivity contribution in [3.05, 3.63) is 4.91 Å². The maximum absolute atomic E-state index is 9.27. The summed E-state index contributed by atoms with van der Waals surface area (Å²) >= 11 is 0. The number of rotatable bonds is 1. The minimum Gasteiger partial charge on any atom is -1.00 e. The fraction of sp³-hybridized carbons (Fsp3) is 0. The maximum Gasteiger partial charge on any atom is 0.646 e. The molecule has 44 valence electrons. The smallest absolute Gasteiger partial charge is 0.646 e. The molecule has 5 nitrogen and oxygen atoms in total. The third kappa shape index (κ3) is 10.7. The summed E-state index contributed by atoms with van der Waals surface area (Å²) in [5.41, 5.74) is 0. The van der Waals surface area contributed by atoms with E-state index in [1.165, 1.54) is 0 Å². The van der Waals surface area contributed by atoms with E-state index in [1.807, 2.05) is 0 Å². The number of hydrogen-bond acceptors (Lipinski definition) is 2. The van der Waals surface area contributed by atoms with Gasteiger partial charge >= 0.3 is 7.75 Å². The van der Waals surface area contributed by atoms with Crippen LogP contribution in [-0.4, -0.2) is 9.79 Å². The molecule has 0 saturated heterocycles. The van der Waals surface area contributed by atoms with Crippen LogP contribution in [0, 0.1) is 4.91 Å². The van der Waals surface area contributed by atoms with Gasteiger partial charge in [0.1, 0.15) is 0 Å². The highest BCUT2D eigenvalue weighted by Gasteiger charge is 2.20. The first-order chi connectivity index (χ1) is 2.56. The Balaban J connectivity index is 0. The summed E-state index contributed by atoms with van der Waals surface area (Å²) in [5, 5.41) is 0. The average Bonchev–Trinajstić information content (AvgIpc) is 1.35. The minimum atomic E-state index is -4.45. The second-order valence-corrected chi connectivity index (χ2v) is 1.91. The molecule has 0 amide bonds. The third-order valence-electron chi connectivity index (χ3n) is 0.119. The first-order valence-corrected chi connectivity index (χ1v) is 2.62. The predicted octanol–water partition coefficient (Wildman–Crippen LogP) is -5.07. The molecule has 0 unspecified atom stereocenters. The van der Waals surface area contributed by atoms with Crippen molar-refractivity contribution in [1.82, 2.24) is 0 Å². The molecule has 0 atom stereocenters. The van der Waals surface area contributed by atoms with Gasteiger partial charge in [0.2, 0.25) is 0 Å². The molecular formula is H3ClNO4P. The highest BCUT2D eigenvalue weighted by molar-refractivity contribution is 7.43. The van der Waals surface area contributed by atoms with Gasteiger partial charge in [-0.3, -0.25) is 9.79 Å². The second-order valence-electron chi connectivity index (χ2n) is 0.635. The third-order valence-corrected chi connectivity index (χ3v) is 0.357. The molecule has 0 aromatic heterocycles. The Morgan fingerprint density at radius 2 is 1.57 bits per heavy atom. The maximum atomic E-state index is 9.27. The van der Waals surface area contributed by atoms with Crippen LogP contribution in [0.1, 0.15) is 0 Å². The van der Waals surface area contributed by atoms with E-state index in [1.54, 1.807) is 0 Å². The molecule has 0 aliphatic carbocycles. The lowest BCUT2D eigenvalue weighted by atomic mass is 13.7. The molecule has 0 aliphatic rings. The molecule has 0 rings (SSSR count). The Morgan fingerprint density at radius 3 is 1.57 bits per heavy atom. The molecule has 0 heterocycles. The zero-order valence-electron chi connectivity index (χ0n) is 3.04. The van der Waals surface area contributed by atoms with E-state index in [-0.39, 0.29) is 12.4 Å². The van der Waals surface area contributed by atoms with E-state index in [4.69, 9.17) is 14.7 Å². The van der Waals surface area contributed by atoms with Gasteiger partial charge in [-0.15, -0.1) is 0 Å². The van der Waals surface area contributed by atoms with E-state index in [0.717, 1.165) is 0 Å². The summed E-state index contributed by atoms with van der Waals surface area (Å²) in [6.45, 7) is 0. The molecule has 0 bridgehead atoms. The van der Waals surface area contributed by atoms with Crippen LogP contribution in [0.25, 0.3) is 0 Å². The van der Waals surface area contributed by atoms with E-state index in [0.29, 0.717) is 4.95 Å². The number of nitroso groups, excluding NO2 is 1. The average molecular weight is 147 g/mol. The molecule has 7 heavy (non-hydrogen) atoms. The van der Waals surface area contributed by atoms with E-state index >= 15 is 0 Å². The van der Waals surface area contributed by atoms with Gasteiger partial charge in [0, 0.05) is 4.91 Å². The molecule has 0 saturated carbocycles. The van der Waals surface area contributed by atoms with Crippen molar-refractivity contribution < 1.29 is 31.7 Å². The molecule has 0 aromatic rings. The fourth-order valence-electron chi connectivity index (χ4n) is 0. The largest absolute Gasteiger partial charge is 1.00 e. The summed E-state index contributed by atoms with van der Waals surface area (Å²) in [5.74, 6) is 0. The fourth-order valence-corrected chi connectivity index (χ4v) is 0. The highest BCUT2D eigenvalue weighted by atomic mass is 35.5. The van der Waals surface area contributed by atoms with E-state index < -0.39 is 7.75 Å². The van der Waals surface area contributed by atoms with Crippen molar-refractivity contribution in [3.8, 4) is 0 Å². The van der Waals surface area contributed by atoms with Crippen molar-refractivity contribution in [2.45, 2.75) is 0 Å². The Bertz CT molecular complexity index is 93.9. The first kappa shape index (κ1) is 10.1. The summed E-state index contributed by atoms with van der Waals surface area (Å²) in [7, 11) is -4.45. The van der Waals surface area contributed by atoms with Crippen molar-refractivity contribution in [2.75, 3.05) is 0 Å². The van der Waals surface area contributed by atoms with Crippen LogP contribution < -0.4 is 17.4 Å². The first-order valence-electron chi connectivity index (χ1n) is 1.01. The van der Waals surface area contributed by atoms with Crippen LogP contribution in [0.2, 0.25) is 0 Å². The monoisotopic (exact) mass is 147 g/mol. The summed E-state index contributed by atoms with van der Waals surface area (Å²) in [4.78, 5) is 24.5. The second kappa shape index (κ2) is 3.10. The predicted molar refractivity (Wildman–Crippen MR) is 16.4 cm³/mol. The summed E-state index contributed by atoms with van der Waals surface area (Å²) < 4.78 is 9.27. The van der Waals surface area contributed by atoms with Crippen LogP contribution >= 0.6 is 7.75 Å². The number of hydrogen-bond donors (Lipinski definition) is 3. The Hall–Kier alpha value is 0.0400. The van der Waals surface area contributed by atoms with Gasteiger partial charge in [0.25, 0.3) is 0 Å². The Kier molecular flexibility index (Phi) is 4.47. The van der Waals surface area contributed by atoms with Crippen LogP contribution in [0.5, 0.6) is 0 Å². The molecule has 3 N–H and O–H groups in total. The van der Waals surface area contributed by atoms with Crippen LogP contribution in [0.3, 0.4) is 0 Å². The van der Waals surface area contributed by atoms with Gasteiger partial charge < -0.3 is 12.4 Å². The highest BCUT2D eigenvalue weighted by Crippen LogP contribution is 2.16. The molecule has 0 aliphatic heterocycles. The van der Waals surface area contributed by atoms with Crippen molar-refractivity contribution in [3.63, 3.8) is 0 Å². The molecule has 0 spiro atoms. The lowest BCUT2D eigenvalue weighted by Crippen LogP contribution is -3.00. The minimum absolute atomic E-state index is 0. The van der Waals surface area contributed by atoms with Crippen molar-refractivity contribution in [2.24, 2.45) is 0 Å². The molecule has 0 aromatic carbocycles. The Morgan fingerprint density at radius 1 is 1.43 bits per heavy atom. The molecular weight excluding hydrogens is 144 g/mol. The molecule has 0 radical (unpaired) electrons. The van der Waals surface area contributed by atoms with Gasteiger partial charge in [0.15, 0.2) is 0 Å². The zero-order valence-corrected chi connectivity index (χ0v) is 4.69. The molecule has 0 fully saturated rings. The normalized spacial score (nSPS) is 9.43. The van der Waals surface area contributed by atoms with Gasteiger partial charge in [-0.2, -0.15) is 4.57 Å². The van der Waals surface area contributed by atoms with Gasteiger partial charge in [-0.1, -0.05) is 0 Å². The van der Waals surface area contributed by atoms with E-state index in [9.17, 15) is 4.57 Å². The topological polar surface area (TPSA) is 88.6 Å². The van der Waals surface area contributed by atoms with Crippen LogP contribution in [-0.2, 0) is 4.57 Å². The van der Waals surface area contributed by atoms with E-state index in [2.05, 4.69) is 0 Å². The van der Waals surface area contributed by atoms with Crippen molar-refractivity contribution >= 4 is 7.75 Å². The lowest BCUT2D eigenvalue weighted by Gasteiger charge is -1.72. The molecule has 7 heteroatoms. The number of halogens is 1. The summed E-state index contributed by atoms with van der Waals surface area (Å²) in [6.07, 6.45) is 0. The Labute approximate surface area is 45.3 Å². The number of nitrogens with one attached hydrogen (secondary N) is 1. The summed E-state index contributed by atoms with van der Waals surface area (Å²) in [6, 6.07) is 0. The van der Waals surface area contributed by atoms with Gasteiger partial charge in [0.05, 0.1) is 4.95 Å². The zero-order chi connectivity index (χ0) is 5.21. The van der Waals surface area contributed by atoms with Gasteiger partial charge in [-0.25, -0.2) is 0 Å². The SMILES string of the molecule is O=[NH+]P(=O)(O)O.[Cl-]. The van der Waals surface area contributed by atoms with Gasteiger partial charge in [-0.05, 0) is 0 Å². The quantitative estimate of drug-likeness (QED) is 0.324.